The van der Waals surface area contributed by atoms with E-state index in [1.54, 1.807) is 37.4 Å². The van der Waals surface area contributed by atoms with Gasteiger partial charge in [-0.15, -0.1) is 0 Å². The fraction of sp³-hybridized carbons (Fsp3) is 0.375. The zero-order valence-corrected chi connectivity index (χ0v) is 27.3. The Morgan fingerprint density at radius 3 is 2.23 bits per heavy atom. The number of benzene rings is 3. The van der Waals surface area contributed by atoms with Crippen molar-refractivity contribution in [3.63, 3.8) is 0 Å². The lowest BCUT2D eigenvalue weighted by Gasteiger charge is -2.33. The van der Waals surface area contributed by atoms with E-state index in [1.165, 1.54) is 49.5 Å². The van der Waals surface area contributed by atoms with Crippen LogP contribution in [0.4, 0.5) is 5.69 Å². The summed E-state index contributed by atoms with van der Waals surface area (Å²) in [6.07, 6.45) is 2.00. The van der Waals surface area contributed by atoms with Crippen LogP contribution < -0.4 is 23.8 Å². The van der Waals surface area contributed by atoms with E-state index in [0.717, 1.165) is 22.7 Å². The summed E-state index contributed by atoms with van der Waals surface area (Å²) >= 11 is 6.11. The van der Waals surface area contributed by atoms with Crippen molar-refractivity contribution in [2.24, 2.45) is 0 Å². The van der Waals surface area contributed by atoms with Gasteiger partial charge in [-0.3, -0.25) is 13.9 Å². The number of methoxy groups -OCH3 is 3. The highest BCUT2D eigenvalue weighted by molar-refractivity contribution is 7.92. The summed E-state index contributed by atoms with van der Waals surface area (Å²) in [5.74, 6) is 0.284. The maximum Gasteiger partial charge on any atom is 0.264 e. The first-order valence-electron chi connectivity index (χ1n) is 14.3. The number of hydrogen-bond acceptors (Lipinski definition) is 7. The topological polar surface area (TPSA) is 114 Å². The Labute approximate surface area is 264 Å². The van der Waals surface area contributed by atoms with Crippen molar-refractivity contribution in [1.82, 2.24) is 10.2 Å². The van der Waals surface area contributed by atoms with E-state index in [9.17, 15) is 18.0 Å². The largest absolute Gasteiger partial charge is 0.497 e. The minimum atomic E-state index is -4.32. The Kier molecular flexibility index (Phi) is 12.7. The van der Waals surface area contributed by atoms with Gasteiger partial charge in [0.05, 0.1) is 31.9 Å². The molecule has 3 rings (SSSR count). The van der Waals surface area contributed by atoms with Crippen molar-refractivity contribution in [3.8, 4) is 17.2 Å². The third-order valence-corrected chi connectivity index (χ3v) is 9.06. The van der Waals surface area contributed by atoms with Crippen molar-refractivity contribution in [1.29, 1.82) is 0 Å². The van der Waals surface area contributed by atoms with E-state index < -0.39 is 28.5 Å². The maximum atomic E-state index is 14.2. The molecule has 0 aliphatic carbocycles. The average Bonchev–Trinajstić information content (AvgIpc) is 3.03. The van der Waals surface area contributed by atoms with Crippen LogP contribution in [-0.2, 0) is 26.2 Å². The number of nitrogens with zero attached hydrogens (tertiary/aromatic N) is 2. The highest BCUT2D eigenvalue weighted by Crippen LogP contribution is 2.33. The van der Waals surface area contributed by atoms with Crippen LogP contribution in [0.5, 0.6) is 17.2 Å². The molecule has 1 N–H and O–H groups in total. The van der Waals surface area contributed by atoms with Crippen molar-refractivity contribution in [3.05, 3.63) is 77.3 Å². The van der Waals surface area contributed by atoms with Crippen LogP contribution in [0.15, 0.2) is 71.6 Å². The molecular formula is C32H40ClN3O7S. The lowest BCUT2D eigenvalue weighted by Crippen LogP contribution is -2.52. The van der Waals surface area contributed by atoms with E-state index in [1.807, 2.05) is 19.9 Å². The van der Waals surface area contributed by atoms with Crippen molar-refractivity contribution in [2.75, 3.05) is 38.7 Å². The molecule has 0 radical (unpaired) electrons. The first-order chi connectivity index (χ1) is 21.1. The third-order valence-electron chi connectivity index (χ3n) is 7.04. The lowest BCUT2D eigenvalue weighted by molar-refractivity contribution is -0.140. The van der Waals surface area contributed by atoms with Gasteiger partial charge in [-0.05, 0) is 66.9 Å². The Morgan fingerprint density at radius 1 is 0.909 bits per heavy atom. The molecule has 0 heterocycles. The van der Waals surface area contributed by atoms with Crippen LogP contribution in [0.2, 0.25) is 5.02 Å². The molecule has 0 aliphatic rings. The third kappa shape index (κ3) is 8.57. The fourth-order valence-electron chi connectivity index (χ4n) is 4.63. The summed E-state index contributed by atoms with van der Waals surface area (Å²) in [5.41, 5.74) is 0.942. The van der Waals surface area contributed by atoms with Crippen molar-refractivity contribution < 1.29 is 32.2 Å². The van der Waals surface area contributed by atoms with Gasteiger partial charge >= 0.3 is 0 Å². The lowest BCUT2D eigenvalue weighted by atomic mass is 10.1. The second kappa shape index (κ2) is 16.2. The SMILES string of the molecule is CCCCNC(=O)[C@H](CC)N(Cc1cccc(OC)c1)C(=O)CN(c1ccc(Cl)cc1)S(=O)(=O)c1ccc(OC)c(OC)c1. The van der Waals surface area contributed by atoms with Crippen LogP contribution in [0.1, 0.15) is 38.7 Å². The van der Waals surface area contributed by atoms with E-state index in [2.05, 4.69) is 5.32 Å². The average molecular weight is 646 g/mol. The van der Waals surface area contributed by atoms with Crippen LogP contribution in [0, 0.1) is 0 Å². The van der Waals surface area contributed by atoms with Gasteiger partial charge in [0.1, 0.15) is 18.3 Å². The number of hydrogen-bond donors (Lipinski definition) is 1. The van der Waals surface area contributed by atoms with Crippen molar-refractivity contribution >= 4 is 39.1 Å². The van der Waals surface area contributed by atoms with E-state index in [0.29, 0.717) is 29.5 Å². The predicted octanol–water partition coefficient (Wildman–Crippen LogP) is 5.28. The van der Waals surface area contributed by atoms with Gasteiger partial charge in [-0.25, -0.2) is 8.42 Å². The number of ether oxygens (including phenoxy) is 3. The number of amides is 2. The minimum Gasteiger partial charge on any atom is -0.497 e. The maximum absolute atomic E-state index is 14.2. The summed E-state index contributed by atoms with van der Waals surface area (Å²) < 4.78 is 45.3. The summed E-state index contributed by atoms with van der Waals surface area (Å²) in [7, 11) is 0.0755. The molecule has 44 heavy (non-hydrogen) atoms. The number of carbonyl (C=O) groups is 2. The zero-order chi connectivity index (χ0) is 32.3. The van der Waals surface area contributed by atoms with Gasteiger partial charge < -0.3 is 24.4 Å². The molecule has 1 atom stereocenters. The molecule has 3 aromatic carbocycles. The molecule has 0 saturated carbocycles. The molecule has 0 bridgehead atoms. The molecule has 0 aliphatic heterocycles. The molecule has 10 nitrogen and oxygen atoms in total. The number of carbonyl (C=O) groups excluding carboxylic acids is 2. The number of nitrogens with one attached hydrogen (secondary N) is 1. The van der Waals surface area contributed by atoms with Crippen LogP contribution in [0.3, 0.4) is 0 Å². The standard InChI is InChI=1S/C32H40ClN3O7S/c1-6-8-18-34-32(38)28(7-2)35(21-23-10-9-11-26(19-23)41-3)31(37)22-36(25-14-12-24(33)13-15-25)44(39,40)27-16-17-29(42-4)30(20-27)43-5/h9-17,19-20,28H,6-8,18,21-22H2,1-5H3,(H,34,38)/t28-/m0/s1. The zero-order valence-electron chi connectivity index (χ0n) is 25.7. The van der Waals surface area contributed by atoms with Gasteiger partial charge in [0, 0.05) is 24.2 Å². The van der Waals surface area contributed by atoms with E-state index in [-0.39, 0.29) is 28.8 Å². The molecule has 2 amide bonds. The van der Waals surface area contributed by atoms with Crippen LogP contribution >= 0.6 is 11.6 Å². The Balaban J connectivity index is 2.08. The molecule has 0 unspecified atom stereocenters. The molecule has 3 aromatic rings. The van der Waals surface area contributed by atoms with Gasteiger partial charge in [0.2, 0.25) is 11.8 Å². The normalized spacial score (nSPS) is 11.8. The molecule has 238 valence electrons. The molecule has 0 spiro atoms. The molecule has 0 saturated heterocycles. The highest BCUT2D eigenvalue weighted by atomic mass is 35.5. The monoisotopic (exact) mass is 645 g/mol. The Hall–Kier alpha value is -3.96. The molecule has 12 heteroatoms. The second-order valence-electron chi connectivity index (χ2n) is 9.95. The summed E-state index contributed by atoms with van der Waals surface area (Å²) in [6, 6.07) is 16.7. The Bertz CT molecular complexity index is 1520. The smallest absolute Gasteiger partial charge is 0.264 e. The molecule has 0 aromatic heterocycles. The fourth-order valence-corrected chi connectivity index (χ4v) is 6.19. The van der Waals surface area contributed by atoms with Gasteiger partial charge in [-0.2, -0.15) is 0 Å². The first-order valence-corrected chi connectivity index (χ1v) is 16.1. The number of unbranched alkanes of at least 4 members (excludes halogenated alkanes) is 1. The van der Waals surface area contributed by atoms with Gasteiger partial charge in [-0.1, -0.05) is 44.0 Å². The quantitative estimate of drug-likeness (QED) is 0.211. The number of sulfonamides is 1. The molecular weight excluding hydrogens is 606 g/mol. The highest BCUT2D eigenvalue weighted by Gasteiger charge is 2.34. The summed E-state index contributed by atoms with van der Waals surface area (Å²) in [5, 5.41) is 3.32. The predicted molar refractivity (Wildman–Crippen MR) is 171 cm³/mol. The number of anilines is 1. The molecule has 0 fully saturated rings. The number of halogens is 1. The van der Waals surface area contributed by atoms with Crippen molar-refractivity contribution in [2.45, 2.75) is 50.6 Å². The van der Waals surface area contributed by atoms with E-state index in [4.69, 9.17) is 25.8 Å². The van der Waals surface area contributed by atoms with Crippen LogP contribution in [-0.4, -0.2) is 65.6 Å². The van der Waals surface area contributed by atoms with Gasteiger partial charge in [0.25, 0.3) is 10.0 Å². The van der Waals surface area contributed by atoms with Crippen LogP contribution in [0.25, 0.3) is 0 Å². The summed E-state index contributed by atoms with van der Waals surface area (Å²) in [4.78, 5) is 28.9. The Morgan fingerprint density at radius 2 is 1.61 bits per heavy atom. The first kappa shape index (κ1) is 34.5. The minimum absolute atomic E-state index is 0.0562. The summed E-state index contributed by atoms with van der Waals surface area (Å²) in [6.45, 7) is 3.78. The van der Waals surface area contributed by atoms with E-state index >= 15 is 0 Å². The second-order valence-corrected chi connectivity index (χ2v) is 12.2. The van der Waals surface area contributed by atoms with Gasteiger partial charge in [0.15, 0.2) is 11.5 Å². The number of rotatable bonds is 16.